The van der Waals surface area contributed by atoms with Gasteiger partial charge in [0.25, 0.3) is 0 Å². The lowest BCUT2D eigenvalue weighted by Crippen LogP contribution is -2.50. The number of hydrogen-bond acceptors (Lipinski definition) is 3. The van der Waals surface area contributed by atoms with E-state index in [-0.39, 0.29) is 24.0 Å². The lowest BCUT2D eigenvalue weighted by atomic mass is 9.83. The summed E-state index contributed by atoms with van der Waals surface area (Å²) in [5.74, 6) is 1.61. The van der Waals surface area contributed by atoms with E-state index in [4.69, 9.17) is 4.74 Å². The van der Waals surface area contributed by atoms with Crippen LogP contribution in [-0.4, -0.2) is 63.8 Å². The molecular formula is C20H41IN4O. The molecule has 2 N–H and O–H groups in total. The van der Waals surface area contributed by atoms with Crippen LogP contribution >= 0.6 is 24.0 Å². The molecule has 0 aromatic rings. The fraction of sp³-hybridized carbons (Fsp3) is 0.950. The number of likely N-dealkylation sites (tertiary alicyclic amines) is 1. The van der Waals surface area contributed by atoms with Crippen LogP contribution in [0.2, 0.25) is 0 Å². The Morgan fingerprint density at radius 3 is 2.31 bits per heavy atom. The van der Waals surface area contributed by atoms with Crippen LogP contribution < -0.4 is 10.6 Å². The summed E-state index contributed by atoms with van der Waals surface area (Å²) in [6.45, 7) is 10.00. The first-order valence-electron chi connectivity index (χ1n) is 10.3. The molecule has 1 aliphatic carbocycles. The van der Waals surface area contributed by atoms with Gasteiger partial charge in [-0.05, 0) is 56.5 Å². The van der Waals surface area contributed by atoms with Crippen molar-refractivity contribution in [3.8, 4) is 0 Å². The molecular weight excluding hydrogens is 439 g/mol. The van der Waals surface area contributed by atoms with E-state index in [0.29, 0.717) is 17.4 Å². The molecule has 1 saturated carbocycles. The topological polar surface area (TPSA) is 48.9 Å². The minimum Gasteiger partial charge on any atom is -0.385 e. The van der Waals surface area contributed by atoms with Gasteiger partial charge in [0, 0.05) is 39.9 Å². The number of methoxy groups -OCH3 is 1. The van der Waals surface area contributed by atoms with Crippen LogP contribution in [0.4, 0.5) is 0 Å². The molecule has 1 aliphatic heterocycles. The van der Waals surface area contributed by atoms with Gasteiger partial charge in [0.15, 0.2) is 5.96 Å². The van der Waals surface area contributed by atoms with E-state index < -0.39 is 0 Å². The number of hydrogen-bond donors (Lipinski definition) is 2. The molecule has 2 rings (SSSR count). The molecule has 1 unspecified atom stereocenters. The summed E-state index contributed by atoms with van der Waals surface area (Å²) >= 11 is 0. The second-order valence-electron chi connectivity index (χ2n) is 8.31. The smallest absolute Gasteiger partial charge is 0.191 e. The van der Waals surface area contributed by atoms with Gasteiger partial charge in [-0.1, -0.05) is 26.7 Å². The highest BCUT2D eigenvalue weighted by Gasteiger charge is 2.33. The summed E-state index contributed by atoms with van der Waals surface area (Å²) in [5.41, 5.74) is 0.389. The van der Waals surface area contributed by atoms with Crippen LogP contribution in [0.25, 0.3) is 0 Å². The maximum absolute atomic E-state index is 5.35. The van der Waals surface area contributed by atoms with Crippen LogP contribution in [0, 0.1) is 11.3 Å². The summed E-state index contributed by atoms with van der Waals surface area (Å²) in [6, 6.07) is 0.593. The number of rotatable bonds is 9. The van der Waals surface area contributed by atoms with Crippen molar-refractivity contribution in [3.63, 3.8) is 0 Å². The van der Waals surface area contributed by atoms with Gasteiger partial charge in [0.05, 0.1) is 0 Å². The predicted molar refractivity (Wildman–Crippen MR) is 122 cm³/mol. The van der Waals surface area contributed by atoms with Crippen molar-refractivity contribution in [2.24, 2.45) is 16.3 Å². The van der Waals surface area contributed by atoms with Crippen LogP contribution in [-0.2, 0) is 4.74 Å². The van der Waals surface area contributed by atoms with Crippen LogP contribution in [0.15, 0.2) is 4.99 Å². The first-order chi connectivity index (χ1) is 12.1. The summed E-state index contributed by atoms with van der Waals surface area (Å²) in [5, 5.41) is 7.20. The van der Waals surface area contributed by atoms with Gasteiger partial charge >= 0.3 is 0 Å². The molecule has 1 heterocycles. The first kappa shape index (κ1) is 24.0. The SMILES string of the molecule is CN=C(NCC(C(C)C)N1CCCC1)NCC1(CCOC)CCCC1.I. The van der Waals surface area contributed by atoms with Gasteiger partial charge in [-0.15, -0.1) is 24.0 Å². The lowest BCUT2D eigenvalue weighted by Gasteiger charge is -2.33. The van der Waals surface area contributed by atoms with Crippen molar-refractivity contribution in [3.05, 3.63) is 0 Å². The van der Waals surface area contributed by atoms with Crippen LogP contribution in [0.3, 0.4) is 0 Å². The van der Waals surface area contributed by atoms with Gasteiger partial charge in [0.1, 0.15) is 0 Å². The van der Waals surface area contributed by atoms with E-state index >= 15 is 0 Å². The molecule has 1 atom stereocenters. The molecule has 5 nitrogen and oxygen atoms in total. The minimum absolute atomic E-state index is 0. The van der Waals surface area contributed by atoms with Gasteiger partial charge in [-0.3, -0.25) is 9.89 Å². The fourth-order valence-electron chi connectivity index (χ4n) is 4.51. The zero-order chi connectivity index (χ0) is 18.1. The van der Waals surface area contributed by atoms with Crippen molar-refractivity contribution in [2.45, 2.75) is 64.8 Å². The summed E-state index contributed by atoms with van der Waals surface area (Å²) in [7, 11) is 3.69. The van der Waals surface area contributed by atoms with Crippen molar-refractivity contribution < 1.29 is 4.74 Å². The van der Waals surface area contributed by atoms with E-state index in [0.717, 1.165) is 32.1 Å². The molecule has 0 amide bonds. The Kier molecular flexibility index (Phi) is 11.4. The van der Waals surface area contributed by atoms with E-state index in [9.17, 15) is 0 Å². The zero-order valence-corrected chi connectivity index (χ0v) is 19.7. The molecule has 2 fully saturated rings. The van der Waals surface area contributed by atoms with Crippen LogP contribution in [0.5, 0.6) is 0 Å². The summed E-state index contributed by atoms with van der Waals surface area (Å²) in [6.07, 6.45) is 9.15. The molecule has 0 bridgehead atoms. The van der Waals surface area contributed by atoms with Crippen molar-refractivity contribution >= 4 is 29.9 Å². The van der Waals surface area contributed by atoms with E-state index in [1.807, 2.05) is 7.05 Å². The first-order valence-corrected chi connectivity index (χ1v) is 10.3. The monoisotopic (exact) mass is 480 g/mol. The number of nitrogens with one attached hydrogen (secondary N) is 2. The Labute approximate surface area is 178 Å². The van der Waals surface area contributed by atoms with Gasteiger partial charge in [-0.25, -0.2) is 0 Å². The Morgan fingerprint density at radius 1 is 1.12 bits per heavy atom. The average Bonchev–Trinajstić information content (AvgIpc) is 3.28. The number of ether oxygens (including phenoxy) is 1. The molecule has 0 aromatic heterocycles. The molecule has 0 aromatic carbocycles. The number of guanidine groups is 1. The third-order valence-corrected chi connectivity index (χ3v) is 6.21. The van der Waals surface area contributed by atoms with Gasteiger partial charge in [-0.2, -0.15) is 0 Å². The molecule has 0 radical (unpaired) electrons. The number of aliphatic imine (C=N–C) groups is 1. The second-order valence-corrected chi connectivity index (χ2v) is 8.31. The maximum atomic E-state index is 5.35. The largest absolute Gasteiger partial charge is 0.385 e. The zero-order valence-electron chi connectivity index (χ0n) is 17.4. The summed E-state index contributed by atoms with van der Waals surface area (Å²) < 4.78 is 5.35. The lowest BCUT2D eigenvalue weighted by molar-refractivity contribution is 0.138. The Bertz CT molecular complexity index is 405. The second kappa shape index (κ2) is 12.4. The number of halogens is 1. The third-order valence-electron chi connectivity index (χ3n) is 6.21. The highest BCUT2D eigenvalue weighted by Crippen LogP contribution is 2.40. The minimum atomic E-state index is 0. The highest BCUT2D eigenvalue weighted by molar-refractivity contribution is 14.0. The molecule has 1 saturated heterocycles. The average molecular weight is 480 g/mol. The van der Waals surface area contributed by atoms with Gasteiger partial charge < -0.3 is 15.4 Å². The normalized spacial score (nSPS) is 21.7. The molecule has 154 valence electrons. The number of nitrogens with zero attached hydrogens (tertiary/aromatic N) is 2. The summed E-state index contributed by atoms with van der Waals surface area (Å²) in [4.78, 5) is 7.10. The van der Waals surface area contributed by atoms with Crippen molar-refractivity contribution in [1.82, 2.24) is 15.5 Å². The Balaban J connectivity index is 0.00000338. The molecule has 26 heavy (non-hydrogen) atoms. The standard InChI is InChI=1S/C20H40N4O.HI/c1-17(2)18(24-12-7-8-13-24)15-22-19(21-3)23-16-20(11-14-25-4)9-5-6-10-20;/h17-18H,5-16H2,1-4H3,(H2,21,22,23);1H. The van der Waals surface area contributed by atoms with E-state index in [2.05, 4.69) is 34.4 Å². The fourth-order valence-corrected chi connectivity index (χ4v) is 4.51. The van der Waals surface area contributed by atoms with E-state index in [1.165, 1.54) is 51.6 Å². The molecule has 0 spiro atoms. The quantitative estimate of drug-likeness (QED) is 0.302. The Morgan fingerprint density at radius 2 is 1.77 bits per heavy atom. The molecule has 6 heteroatoms. The third kappa shape index (κ3) is 7.15. The van der Waals surface area contributed by atoms with Crippen molar-refractivity contribution in [1.29, 1.82) is 0 Å². The highest BCUT2D eigenvalue weighted by atomic mass is 127. The van der Waals surface area contributed by atoms with Gasteiger partial charge in [0.2, 0.25) is 0 Å². The molecule has 2 aliphatic rings. The van der Waals surface area contributed by atoms with E-state index in [1.54, 1.807) is 7.11 Å². The van der Waals surface area contributed by atoms with Crippen LogP contribution in [0.1, 0.15) is 58.8 Å². The predicted octanol–water partition coefficient (Wildman–Crippen LogP) is 3.49. The van der Waals surface area contributed by atoms with Crippen molar-refractivity contribution in [2.75, 3.05) is 46.9 Å². The Hall–Kier alpha value is -0.0800. The maximum Gasteiger partial charge on any atom is 0.191 e.